The van der Waals surface area contributed by atoms with Crippen LogP contribution in [0, 0.1) is 13.8 Å². The molecule has 0 radical (unpaired) electrons. The Kier molecular flexibility index (Phi) is 5.00. The van der Waals surface area contributed by atoms with Crippen LogP contribution in [-0.4, -0.2) is 27.4 Å². The van der Waals surface area contributed by atoms with Crippen molar-refractivity contribution in [3.8, 4) is 0 Å². The molecule has 6 heteroatoms. The predicted octanol–water partition coefficient (Wildman–Crippen LogP) is 2.60. The Morgan fingerprint density at radius 2 is 2.12 bits per heavy atom. The number of nitrogens with one attached hydrogen (secondary N) is 1. The van der Waals surface area contributed by atoms with Crippen LogP contribution in [0.15, 0.2) is 53.1 Å². The lowest BCUT2D eigenvalue weighted by Crippen LogP contribution is -2.30. The number of rotatable bonds is 6. The standard InChI is InChI=1S/C19H21N3O3/c1-13-9-14(2)22(21-13)11-15-5-3-6-16(10-15)19(24)20-17(12-23)18-7-4-8-25-18/h3-10,17,23H,11-12H2,1-2H3,(H,20,24). The zero-order chi connectivity index (χ0) is 17.8. The summed E-state index contributed by atoms with van der Waals surface area (Å²) in [6.07, 6.45) is 1.51. The van der Waals surface area contributed by atoms with E-state index in [9.17, 15) is 9.90 Å². The van der Waals surface area contributed by atoms with Crippen LogP contribution in [0.4, 0.5) is 0 Å². The largest absolute Gasteiger partial charge is 0.467 e. The fourth-order valence-corrected chi connectivity index (χ4v) is 2.76. The normalized spacial score (nSPS) is 12.1. The number of benzene rings is 1. The Balaban J connectivity index is 1.74. The van der Waals surface area contributed by atoms with Gasteiger partial charge in [0, 0.05) is 11.3 Å². The van der Waals surface area contributed by atoms with E-state index >= 15 is 0 Å². The predicted molar refractivity (Wildman–Crippen MR) is 93.2 cm³/mol. The molecule has 3 rings (SSSR count). The van der Waals surface area contributed by atoms with Gasteiger partial charge in [0.15, 0.2) is 0 Å². The van der Waals surface area contributed by atoms with E-state index in [4.69, 9.17) is 4.42 Å². The topological polar surface area (TPSA) is 80.3 Å². The van der Waals surface area contributed by atoms with Gasteiger partial charge in [-0.25, -0.2) is 0 Å². The molecule has 0 aliphatic carbocycles. The summed E-state index contributed by atoms with van der Waals surface area (Å²) in [5.74, 6) is 0.264. The molecular weight excluding hydrogens is 318 g/mol. The van der Waals surface area contributed by atoms with Crippen molar-refractivity contribution in [3.63, 3.8) is 0 Å². The number of aliphatic hydroxyl groups is 1. The second kappa shape index (κ2) is 7.36. The molecule has 3 aromatic rings. The van der Waals surface area contributed by atoms with Gasteiger partial charge in [0.1, 0.15) is 11.8 Å². The highest BCUT2D eigenvalue weighted by molar-refractivity contribution is 5.94. The van der Waals surface area contributed by atoms with Crippen LogP contribution in [0.3, 0.4) is 0 Å². The van der Waals surface area contributed by atoms with Crippen LogP contribution < -0.4 is 5.32 Å². The minimum absolute atomic E-state index is 0.231. The molecule has 0 saturated carbocycles. The summed E-state index contributed by atoms with van der Waals surface area (Å²) in [4.78, 5) is 12.5. The second-order valence-electron chi connectivity index (χ2n) is 6.01. The Morgan fingerprint density at radius 3 is 2.76 bits per heavy atom. The third kappa shape index (κ3) is 3.97. The molecule has 2 N–H and O–H groups in total. The first-order valence-corrected chi connectivity index (χ1v) is 8.12. The first-order valence-electron chi connectivity index (χ1n) is 8.12. The maximum Gasteiger partial charge on any atom is 0.251 e. The highest BCUT2D eigenvalue weighted by Crippen LogP contribution is 2.15. The number of hydrogen-bond acceptors (Lipinski definition) is 4. The minimum Gasteiger partial charge on any atom is -0.467 e. The number of aromatic nitrogens is 2. The molecule has 0 aliphatic rings. The Morgan fingerprint density at radius 1 is 1.28 bits per heavy atom. The summed E-state index contributed by atoms with van der Waals surface area (Å²) in [6.45, 7) is 4.33. The highest BCUT2D eigenvalue weighted by atomic mass is 16.3. The average Bonchev–Trinajstić information content (AvgIpc) is 3.23. The van der Waals surface area contributed by atoms with E-state index in [0.29, 0.717) is 17.9 Å². The summed E-state index contributed by atoms with van der Waals surface area (Å²) in [7, 11) is 0. The zero-order valence-electron chi connectivity index (χ0n) is 14.3. The molecule has 0 saturated heterocycles. The molecule has 0 spiro atoms. The van der Waals surface area contributed by atoms with E-state index in [0.717, 1.165) is 17.0 Å². The molecule has 130 valence electrons. The number of hydrogen-bond donors (Lipinski definition) is 2. The molecule has 0 fully saturated rings. The summed E-state index contributed by atoms with van der Waals surface area (Å²) in [6, 6.07) is 12.3. The van der Waals surface area contributed by atoms with Gasteiger partial charge in [-0.15, -0.1) is 0 Å². The van der Waals surface area contributed by atoms with Crippen LogP contribution in [-0.2, 0) is 6.54 Å². The van der Waals surface area contributed by atoms with Crippen LogP contribution in [0.5, 0.6) is 0 Å². The maximum atomic E-state index is 12.5. The third-order valence-electron chi connectivity index (χ3n) is 4.00. The van der Waals surface area contributed by atoms with Gasteiger partial charge < -0.3 is 14.8 Å². The number of aryl methyl sites for hydroxylation is 2. The average molecular weight is 339 g/mol. The lowest BCUT2D eigenvalue weighted by atomic mass is 10.1. The van der Waals surface area contributed by atoms with Crippen molar-refractivity contribution in [2.75, 3.05) is 6.61 Å². The van der Waals surface area contributed by atoms with Gasteiger partial charge in [-0.05, 0) is 49.7 Å². The number of carbonyl (C=O) groups is 1. The van der Waals surface area contributed by atoms with Gasteiger partial charge in [0.25, 0.3) is 5.91 Å². The van der Waals surface area contributed by atoms with Gasteiger partial charge in [-0.2, -0.15) is 5.10 Å². The Bertz CT molecular complexity index is 853. The zero-order valence-corrected chi connectivity index (χ0v) is 14.3. The van der Waals surface area contributed by atoms with Crippen molar-refractivity contribution >= 4 is 5.91 Å². The second-order valence-corrected chi connectivity index (χ2v) is 6.01. The monoisotopic (exact) mass is 339 g/mol. The van der Waals surface area contributed by atoms with Crippen molar-refractivity contribution in [1.82, 2.24) is 15.1 Å². The lowest BCUT2D eigenvalue weighted by molar-refractivity contribution is 0.0907. The molecule has 1 atom stereocenters. The van der Waals surface area contributed by atoms with Crippen molar-refractivity contribution in [2.45, 2.75) is 26.4 Å². The quantitative estimate of drug-likeness (QED) is 0.723. The summed E-state index contributed by atoms with van der Waals surface area (Å²) in [5.41, 5.74) is 3.56. The number of nitrogens with zero attached hydrogens (tertiary/aromatic N) is 2. The molecule has 0 bridgehead atoms. The smallest absolute Gasteiger partial charge is 0.251 e. The first-order chi connectivity index (χ1) is 12.1. The minimum atomic E-state index is -0.567. The van der Waals surface area contributed by atoms with Crippen LogP contribution >= 0.6 is 0 Å². The Hall–Kier alpha value is -2.86. The van der Waals surface area contributed by atoms with Gasteiger partial charge in [0.2, 0.25) is 0 Å². The SMILES string of the molecule is Cc1cc(C)n(Cc2cccc(C(=O)NC(CO)c3ccco3)c2)n1. The Labute approximate surface area is 146 Å². The fraction of sp³-hybridized carbons (Fsp3) is 0.263. The molecule has 1 aromatic carbocycles. The highest BCUT2D eigenvalue weighted by Gasteiger charge is 2.17. The van der Waals surface area contributed by atoms with E-state index in [1.54, 1.807) is 18.2 Å². The van der Waals surface area contributed by atoms with E-state index in [1.165, 1.54) is 6.26 Å². The van der Waals surface area contributed by atoms with Crippen LogP contribution in [0.1, 0.15) is 39.1 Å². The van der Waals surface area contributed by atoms with E-state index in [-0.39, 0.29) is 12.5 Å². The first kappa shape index (κ1) is 17.0. The third-order valence-corrected chi connectivity index (χ3v) is 4.00. The fourth-order valence-electron chi connectivity index (χ4n) is 2.76. The van der Waals surface area contributed by atoms with Crippen molar-refractivity contribution in [1.29, 1.82) is 0 Å². The van der Waals surface area contributed by atoms with Gasteiger partial charge in [0.05, 0.1) is 25.1 Å². The lowest BCUT2D eigenvalue weighted by Gasteiger charge is -2.14. The molecule has 0 aliphatic heterocycles. The number of carbonyl (C=O) groups excluding carboxylic acids is 1. The summed E-state index contributed by atoms with van der Waals surface area (Å²) >= 11 is 0. The van der Waals surface area contributed by atoms with Crippen molar-refractivity contribution < 1.29 is 14.3 Å². The van der Waals surface area contributed by atoms with Crippen molar-refractivity contribution in [2.24, 2.45) is 0 Å². The molecule has 25 heavy (non-hydrogen) atoms. The van der Waals surface area contributed by atoms with E-state index < -0.39 is 6.04 Å². The summed E-state index contributed by atoms with van der Waals surface area (Å²) < 4.78 is 7.16. The molecule has 1 unspecified atom stereocenters. The number of aliphatic hydroxyl groups excluding tert-OH is 1. The molecule has 2 aromatic heterocycles. The van der Waals surface area contributed by atoms with Crippen LogP contribution in [0.2, 0.25) is 0 Å². The molecule has 2 heterocycles. The number of amides is 1. The van der Waals surface area contributed by atoms with Gasteiger partial charge in [-0.3, -0.25) is 9.48 Å². The van der Waals surface area contributed by atoms with Gasteiger partial charge >= 0.3 is 0 Å². The van der Waals surface area contributed by atoms with Crippen LogP contribution in [0.25, 0.3) is 0 Å². The maximum absolute atomic E-state index is 12.5. The van der Waals surface area contributed by atoms with Crippen molar-refractivity contribution in [3.05, 3.63) is 77.0 Å². The molecular formula is C19H21N3O3. The molecule has 6 nitrogen and oxygen atoms in total. The van der Waals surface area contributed by atoms with E-state index in [2.05, 4.69) is 10.4 Å². The number of furan rings is 1. The van der Waals surface area contributed by atoms with E-state index in [1.807, 2.05) is 42.8 Å². The molecule has 1 amide bonds. The summed E-state index contributed by atoms with van der Waals surface area (Å²) in [5, 5.41) is 16.7. The van der Waals surface area contributed by atoms with Gasteiger partial charge in [-0.1, -0.05) is 12.1 Å².